The van der Waals surface area contributed by atoms with E-state index in [2.05, 4.69) is 18.7 Å². The number of morpholine rings is 1. The summed E-state index contributed by atoms with van der Waals surface area (Å²) in [6.07, 6.45) is -0.115. The van der Waals surface area contributed by atoms with E-state index in [0.717, 1.165) is 30.2 Å². The van der Waals surface area contributed by atoms with E-state index >= 15 is 0 Å². The van der Waals surface area contributed by atoms with E-state index < -0.39 is 0 Å². The lowest BCUT2D eigenvalue weighted by Gasteiger charge is -2.42. The van der Waals surface area contributed by atoms with E-state index in [-0.39, 0.29) is 18.3 Å². The Bertz CT molecular complexity index is 409. The van der Waals surface area contributed by atoms with Gasteiger partial charge in [-0.15, -0.1) is 0 Å². The number of rotatable bonds is 3. The molecule has 1 aliphatic rings. The van der Waals surface area contributed by atoms with Crippen LogP contribution >= 0.6 is 11.6 Å². The number of aliphatic hydroxyl groups is 1. The van der Waals surface area contributed by atoms with Crippen molar-refractivity contribution in [2.75, 3.05) is 19.7 Å². The van der Waals surface area contributed by atoms with Gasteiger partial charge < -0.3 is 9.84 Å². The van der Waals surface area contributed by atoms with Crippen LogP contribution in [0.15, 0.2) is 24.3 Å². The number of aliphatic hydroxyl groups excluding tert-OH is 1. The number of nitrogens with zero attached hydrogens (tertiary/aromatic N) is 1. The highest BCUT2D eigenvalue weighted by Crippen LogP contribution is 2.24. The molecule has 1 aromatic rings. The summed E-state index contributed by atoms with van der Waals surface area (Å²) in [5.41, 5.74) is 0.890. The lowest BCUT2D eigenvalue weighted by Crippen LogP contribution is -2.53. The van der Waals surface area contributed by atoms with Crippen molar-refractivity contribution in [3.63, 3.8) is 0 Å². The zero-order valence-electron chi connectivity index (χ0n) is 10.9. The van der Waals surface area contributed by atoms with Gasteiger partial charge in [0, 0.05) is 24.7 Å². The largest absolute Gasteiger partial charge is 0.394 e. The molecule has 1 unspecified atom stereocenters. The second-order valence-corrected chi connectivity index (χ2v) is 5.85. The monoisotopic (exact) mass is 269 g/mol. The van der Waals surface area contributed by atoms with Crippen LogP contribution < -0.4 is 0 Å². The molecule has 1 atom stereocenters. The predicted molar refractivity (Wildman–Crippen MR) is 72.8 cm³/mol. The molecular formula is C14H20ClNO2. The molecule has 18 heavy (non-hydrogen) atoms. The van der Waals surface area contributed by atoms with Gasteiger partial charge in [0.2, 0.25) is 0 Å². The van der Waals surface area contributed by atoms with Crippen LogP contribution in [0.1, 0.15) is 19.4 Å². The molecule has 0 aliphatic carbocycles. The number of ether oxygens (including phenoxy) is 1. The highest BCUT2D eigenvalue weighted by atomic mass is 35.5. The van der Waals surface area contributed by atoms with Gasteiger partial charge >= 0.3 is 0 Å². The van der Waals surface area contributed by atoms with E-state index in [1.165, 1.54) is 0 Å². The number of benzene rings is 1. The number of halogens is 1. The minimum absolute atomic E-state index is 0.0580. The SMILES string of the molecule is CC1(C)CN(Cc2ccccc2Cl)CC(CO)O1. The first-order chi connectivity index (χ1) is 8.50. The Balaban J connectivity index is 2.07. The predicted octanol–water partition coefficient (Wildman–Crippen LogP) is 2.31. The molecule has 1 saturated heterocycles. The summed E-state index contributed by atoms with van der Waals surface area (Å²) < 4.78 is 5.80. The molecule has 1 heterocycles. The van der Waals surface area contributed by atoms with Crippen molar-refractivity contribution < 1.29 is 9.84 Å². The highest BCUT2D eigenvalue weighted by molar-refractivity contribution is 6.31. The fourth-order valence-corrected chi connectivity index (χ4v) is 2.70. The highest BCUT2D eigenvalue weighted by Gasteiger charge is 2.33. The van der Waals surface area contributed by atoms with Gasteiger partial charge in [-0.05, 0) is 25.5 Å². The summed E-state index contributed by atoms with van der Waals surface area (Å²) in [4.78, 5) is 2.28. The molecule has 3 nitrogen and oxygen atoms in total. The lowest BCUT2D eigenvalue weighted by atomic mass is 10.0. The molecule has 0 spiro atoms. The molecule has 0 radical (unpaired) electrons. The molecule has 1 aromatic carbocycles. The molecule has 0 bridgehead atoms. The average molecular weight is 270 g/mol. The van der Waals surface area contributed by atoms with Gasteiger partial charge in [0.1, 0.15) is 0 Å². The Morgan fingerprint density at radius 2 is 2.17 bits per heavy atom. The molecule has 1 aliphatic heterocycles. The van der Waals surface area contributed by atoms with Crippen LogP contribution in [0.4, 0.5) is 0 Å². The fraction of sp³-hybridized carbons (Fsp3) is 0.571. The van der Waals surface area contributed by atoms with E-state index in [1.807, 2.05) is 24.3 Å². The third-order valence-electron chi connectivity index (χ3n) is 3.11. The third kappa shape index (κ3) is 3.45. The molecule has 1 N–H and O–H groups in total. The maximum atomic E-state index is 9.28. The fourth-order valence-electron chi connectivity index (χ4n) is 2.50. The third-order valence-corrected chi connectivity index (χ3v) is 3.48. The van der Waals surface area contributed by atoms with Crippen molar-refractivity contribution in [1.82, 2.24) is 4.90 Å². The van der Waals surface area contributed by atoms with Crippen LogP contribution in [0.25, 0.3) is 0 Å². The van der Waals surface area contributed by atoms with Gasteiger partial charge in [-0.1, -0.05) is 29.8 Å². The lowest BCUT2D eigenvalue weighted by molar-refractivity contribution is -0.150. The normalized spacial score (nSPS) is 24.1. The van der Waals surface area contributed by atoms with Crippen molar-refractivity contribution in [2.24, 2.45) is 0 Å². The minimum Gasteiger partial charge on any atom is -0.394 e. The summed E-state index contributed by atoms with van der Waals surface area (Å²) >= 11 is 6.18. The molecule has 0 amide bonds. The van der Waals surface area contributed by atoms with Crippen LogP contribution in [0.5, 0.6) is 0 Å². The molecule has 4 heteroatoms. The molecule has 0 aromatic heterocycles. The Labute approximate surface area is 113 Å². The van der Waals surface area contributed by atoms with Gasteiger partial charge in [-0.3, -0.25) is 4.90 Å². The summed E-state index contributed by atoms with van der Waals surface area (Å²) in [5, 5.41) is 10.1. The summed E-state index contributed by atoms with van der Waals surface area (Å²) in [7, 11) is 0. The van der Waals surface area contributed by atoms with Crippen LogP contribution in [0, 0.1) is 0 Å². The Morgan fingerprint density at radius 3 is 2.83 bits per heavy atom. The van der Waals surface area contributed by atoms with E-state index in [0.29, 0.717) is 0 Å². The van der Waals surface area contributed by atoms with Crippen LogP contribution in [-0.4, -0.2) is 41.4 Å². The molecule has 0 saturated carbocycles. The topological polar surface area (TPSA) is 32.7 Å². The molecule has 100 valence electrons. The first kappa shape index (κ1) is 13.8. The van der Waals surface area contributed by atoms with Crippen molar-refractivity contribution >= 4 is 11.6 Å². The van der Waals surface area contributed by atoms with Crippen LogP contribution in [0.3, 0.4) is 0 Å². The second kappa shape index (κ2) is 5.57. The van der Waals surface area contributed by atoms with Crippen LogP contribution in [0.2, 0.25) is 5.02 Å². The molecule has 1 fully saturated rings. The van der Waals surface area contributed by atoms with Crippen molar-refractivity contribution in [3.8, 4) is 0 Å². The quantitative estimate of drug-likeness (QED) is 0.914. The number of hydrogen-bond donors (Lipinski definition) is 1. The Morgan fingerprint density at radius 1 is 1.44 bits per heavy atom. The first-order valence-electron chi connectivity index (χ1n) is 6.24. The van der Waals surface area contributed by atoms with E-state index in [9.17, 15) is 5.11 Å². The van der Waals surface area contributed by atoms with Crippen molar-refractivity contribution in [2.45, 2.75) is 32.1 Å². The summed E-state index contributed by atoms with van der Waals surface area (Å²) in [6, 6.07) is 7.88. The standard InChI is InChI=1S/C14H20ClNO2/c1-14(2)10-16(8-12(9-17)18-14)7-11-5-3-4-6-13(11)15/h3-6,12,17H,7-10H2,1-2H3. The molecular weight excluding hydrogens is 250 g/mol. The van der Waals surface area contributed by atoms with Crippen LogP contribution in [-0.2, 0) is 11.3 Å². The van der Waals surface area contributed by atoms with E-state index in [1.54, 1.807) is 0 Å². The first-order valence-corrected chi connectivity index (χ1v) is 6.62. The van der Waals surface area contributed by atoms with E-state index in [4.69, 9.17) is 16.3 Å². The maximum Gasteiger partial charge on any atom is 0.0940 e. The summed E-state index contributed by atoms with van der Waals surface area (Å²) in [6.45, 7) is 6.54. The van der Waals surface area contributed by atoms with Gasteiger partial charge in [-0.25, -0.2) is 0 Å². The maximum absolute atomic E-state index is 9.28. The van der Waals surface area contributed by atoms with Gasteiger partial charge in [0.15, 0.2) is 0 Å². The zero-order valence-corrected chi connectivity index (χ0v) is 11.7. The molecule has 2 rings (SSSR count). The Kier molecular flexibility index (Phi) is 4.28. The van der Waals surface area contributed by atoms with Gasteiger partial charge in [-0.2, -0.15) is 0 Å². The minimum atomic E-state index is -0.229. The number of hydrogen-bond acceptors (Lipinski definition) is 3. The summed E-state index contributed by atoms with van der Waals surface area (Å²) in [5.74, 6) is 0. The zero-order chi connectivity index (χ0) is 13.2. The smallest absolute Gasteiger partial charge is 0.0940 e. The average Bonchev–Trinajstić information content (AvgIpc) is 2.30. The second-order valence-electron chi connectivity index (χ2n) is 5.44. The van der Waals surface area contributed by atoms with Crippen molar-refractivity contribution in [1.29, 1.82) is 0 Å². The van der Waals surface area contributed by atoms with Gasteiger partial charge in [0.05, 0.1) is 18.3 Å². The van der Waals surface area contributed by atoms with Crippen molar-refractivity contribution in [3.05, 3.63) is 34.9 Å². The van der Waals surface area contributed by atoms with Gasteiger partial charge in [0.25, 0.3) is 0 Å². The Hall–Kier alpha value is -0.610.